The van der Waals surface area contributed by atoms with Gasteiger partial charge in [0.2, 0.25) is 5.91 Å². The maximum atomic E-state index is 14.0. The number of H-pyrrole nitrogens is 1. The fourth-order valence-corrected chi connectivity index (χ4v) is 4.99. The number of tetrazole rings is 1. The van der Waals surface area contributed by atoms with Crippen molar-refractivity contribution in [1.82, 2.24) is 35.0 Å². The largest absolute Gasteiger partial charge is 0.496 e. The van der Waals surface area contributed by atoms with Gasteiger partial charge in [0, 0.05) is 43.2 Å². The number of fused-ring (bicyclic) bond motifs is 1. The second-order valence-electron chi connectivity index (χ2n) is 9.21. The Balaban J connectivity index is 1.51. The highest BCUT2D eigenvalue weighted by Gasteiger charge is 2.39. The summed E-state index contributed by atoms with van der Waals surface area (Å²) < 4.78 is 46.3. The fourth-order valence-electron chi connectivity index (χ4n) is 4.99. The average molecular weight is 542 g/mol. The molecule has 4 aromatic rings. The summed E-state index contributed by atoms with van der Waals surface area (Å²) in [6.45, 7) is 2.71. The molecule has 2 aromatic carbocycles. The van der Waals surface area contributed by atoms with Crippen molar-refractivity contribution < 1.29 is 27.5 Å². The van der Waals surface area contributed by atoms with Crippen LogP contribution in [0.4, 0.5) is 13.2 Å². The summed E-state index contributed by atoms with van der Waals surface area (Å²) in [5, 5.41) is 10.7. The maximum Gasteiger partial charge on any atom is 0.453 e. The molecule has 3 heterocycles. The van der Waals surface area contributed by atoms with Crippen LogP contribution in [0.2, 0.25) is 0 Å². The number of carbonyl (C=O) groups excluding carboxylic acids is 2. The summed E-state index contributed by atoms with van der Waals surface area (Å²) in [5.74, 6) is -1.55. The minimum Gasteiger partial charge on any atom is -0.496 e. The molecular weight excluding hydrogens is 515 g/mol. The SMILES string of the molecule is CCC(=O)N1CCN(C(=O)c2cc(-n3nnnc3C(F)(F)F)ccc2OC)[C@H](Cc2c[nH]c3ccccc23)C1. The smallest absolute Gasteiger partial charge is 0.453 e. The van der Waals surface area contributed by atoms with Crippen LogP contribution in [0.25, 0.3) is 16.6 Å². The van der Waals surface area contributed by atoms with Gasteiger partial charge in [0.1, 0.15) is 5.75 Å². The monoisotopic (exact) mass is 541 g/mol. The molecule has 0 saturated carbocycles. The second-order valence-corrected chi connectivity index (χ2v) is 9.21. The quantitative estimate of drug-likeness (QED) is 0.401. The highest BCUT2D eigenvalue weighted by molar-refractivity contribution is 5.98. The maximum absolute atomic E-state index is 14.0. The molecule has 39 heavy (non-hydrogen) atoms. The van der Waals surface area contributed by atoms with Crippen LogP contribution in [-0.2, 0) is 17.4 Å². The van der Waals surface area contributed by atoms with Gasteiger partial charge in [-0.1, -0.05) is 25.1 Å². The Kier molecular flexibility index (Phi) is 6.98. The number of ether oxygens (including phenoxy) is 1. The van der Waals surface area contributed by atoms with Gasteiger partial charge in [0.25, 0.3) is 11.7 Å². The van der Waals surface area contributed by atoms with E-state index in [1.54, 1.807) is 16.7 Å². The van der Waals surface area contributed by atoms with E-state index in [0.29, 0.717) is 30.6 Å². The van der Waals surface area contributed by atoms with Crippen molar-refractivity contribution in [3.8, 4) is 11.4 Å². The third-order valence-corrected chi connectivity index (χ3v) is 6.91. The lowest BCUT2D eigenvalue weighted by atomic mass is 9.99. The molecule has 1 fully saturated rings. The number of nitrogens with zero attached hydrogens (tertiary/aromatic N) is 6. The van der Waals surface area contributed by atoms with Crippen LogP contribution in [0.1, 0.15) is 35.1 Å². The van der Waals surface area contributed by atoms with Gasteiger partial charge in [-0.2, -0.15) is 17.9 Å². The van der Waals surface area contributed by atoms with Crippen LogP contribution in [0.3, 0.4) is 0 Å². The van der Waals surface area contributed by atoms with E-state index in [1.165, 1.54) is 25.3 Å². The zero-order chi connectivity index (χ0) is 27.7. The number of amides is 2. The predicted octanol–water partition coefficient (Wildman–Crippen LogP) is 3.48. The fraction of sp³-hybridized carbons (Fsp3) is 0.346. The molecule has 1 aliphatic heterocycles. The molecular formula is C26H26F3N7O3. The van der Waals surface area contributed by atoms with Gasteiger partial charge in [-0.3, -0.25) is 9.59 Å². The summed E-state index contributed by atoms with van der Waals surface area (Å²) in [6, 6.07) is 11.5. The number of nitrogens with one attached hydrogen (secondary N) is 1. The first kappa shape index (κ1) is 26.2. The Labute approximate surface area is 221 Å². The molecule has 1 aliphatic rings. The summed E-state index contributed by atoms with van der Waals surface area (Å²) in [7, 11) is 1.38. The lowest BCUT2D eigenvalue weighted by Gasteiger charge is -2.41. The minimum atomic E-state index is -4.79. The van der Waals surface area contributed by atoms with Crippen LogP contribution >= 0.6 is 0 Å². The van der Waals surface area contributed by atoms with Gasteiger partial charge < -0.3 is 19.5 Å². The van der Waals surface area contributed by atoms with Crippen LogP contribution in [0.15, 0.2) is 48.7 Å². The molecule has 0 unspecified atom stereocenters. The third-order valence-electron chi connectivity index (χ3n) is 6.91. The highest BCUT2D eigenvalue weighted by Crippen LogP contribution is 2.31. The zero-order valence-corrected chi connectivity index (χ0v) is 21.3. The van der Waals surface area contributed by atoms with E-state index in [2.05, 4.69) is 20.5 Å². The lowest BCUT2D eigenvalue weighted by Crippen LogP contribution is -2.57. The van der Waals surface area contributed by atoms with Crippen LogP contribution < -0.4 is 4.74 Å². The molecule has 5 rings (SSSR count). The number of alkyl halides is 3. The summed E-state index contributed by atoms with van der Waals surface area (Å²) in [6.07, 6.45) is -2.08. The number of methoxy groups -OCH3 is 1. The number of hydrogen-bond donors (Lipinski definition) is 1. The van der Waals surface area contributed by atoms with Gasteiger partial charge >= 0.3 is 6.18 Å². The van der Waals surface area contributed by atoms with E-state index < -0.39 is 17.9 Å². The lowest BCUT2D eigenvalue weighted by molar-refractivity contribution is -0.146. The Hall–Kier alpha value is -4.42. The Morgan fingerprint density at radius 2 is 1.95 bits per heavy atom. The van der Waals surface area contributed by atoms with E-state index in [0.717, 1.165) is 16.5 Å². The highest BCUT2D eigenvalue weighted by atomic mass is 19.4. The first-order chi connectivity index (χ1) is 18.7. The molecule has 1 atom stereocenters. The van der Waals surface area contributed by atoms with Gasteiger partial charge in [-0.25, -0.2) is 0 Å². The van der Waals surface area contributed by atoms with Crippen molar-refractivity contribution in [2.45, 2.75) is 32.0 Å². The number of piperazine rings is 1. The van der Waals surface area contributed by atoms with Gasteiger partial charge in [0.05, 0.1) is 24.4 Å². The van der Waals surface area contributed by atoms with Crippen molar-refractivity contribution in [1.29, 1.82) is 0 Å². The number of halogens is 3. The molecule has 0 bridgehead atoms. The van der Waals surface area contributed by atoms with Crippen molar-refractivity contribution in [2.75, 3.05) is 26.7 Å². The van der Waals surface area contributed by atoms with Crippen LogP contribution in [0, 0.1) is 0 Å². The normalized spacial score (nSPS) is 16.1. The van der Waals surface area contributed by atoms with Crippen molar-refractivity contribution >= 4 is 22.7 Å². The summed E-state index contributed by atoms with van der Waals surface area (Å²) in [4.78, 5) is 33.2. The van der Waals surface area contributed by atoms with Crippen LogP contribution in [0.5, 0.6) is 5.75 Å². The third kappa shape index (κ3) is 5.03. The Morgan fingerprint density at radius 1 is 1.15 bits per heavy atom. The van der Waals surface area contributed by atoms with Gasteiger partial charge in [-0.15, -0.1) is 5.10 Å². The van der Waals surface area contributed by atoms with Crippen molar-refractivity contribution in [3.63, 3.8) is 0 Å². The van der Waals surface area contributed by atoms with E-state index in [4.69, 9.17) is 4.74 Å². The van der Waals surface area contributed by atoms with Gasteiger partial charge in [-0.05, 0) is 46.7 Å². The molecule has 2 amide bonds. The molecule has 204 valence electrons. The number of rotatable bonds is 6. The number of benzene rings is 2. The predicted molar refractivity (Wildman–Crippen MR) is 134 cm³/mol. The number of aromatic amines is 1. The molecule has 0 spiro atoms. The summed E-state index contributed by atoms with van der Waals surface area (Å²) >= 11 is 0. The number of hydrogen-bond acceptors (Lipinski definition) is 6. The van der Waals surface area contributed by atoms with E-state index in [-0.39, 0.29) is 35.5 Å². The standard InChI is InChI=1S/C26H26F3N7O3/c1-3-23(37)34-10-11-35(18(15-34)12-16-14-30-21-7-5-4-6-19(16)21)24(38)20-13-17(8-9-22(20)39-2)36-25(26(27,28)29)31-32-33-36/h4-9,13-14,18,30H,3,10-12,15H2,1-2H3/t18-/m1/s1. The molecule has 1 N–H and O–H groups in total. The average Bonchev–Trinajstić information content (AvgIpc) is 3.60. The Bertz CT molecular complexity index is 1510. The molecule has 0 aliphatic carbocycles. The van der Waals surface area contributed by atoms with E-state index in [9.17, 15) is 22.8 Å². The minimum absolute atomic E-state index is 0.0102. The molecule has 10 nitrogen and oxygen atoms in total. The Morgan fingerprint density at radius 3 is 2.69 bits per heavy atom. The van der Waals surface area contributed by atoms with E-state index in [1.807, 2.05) is 30.5 Å². The first-order valence-electron chi connectivity index (χ1n) is 12.4. The molecule has 13 heteroatoms. The second kappa shape index (κ2) is 10.4. The first-order valence-corrected chi connectivity index (χ1v) is 12.4. The van der Waals surface area contributed by atoms with Crippen molar-refractivity contribution in [3.05, 3.63) is 65.6 Å². The topological polar surface area (TPSA) is 109 Å². The molecule has 0 radical (unpaired) electrons. The zero-order valence-electron chi connectivity index (χ0n) is 21.3. The molecule has 2 aromatic heterocycles. The van der Waals surface area contributed by atoms with Crippen molar-refractivity contribution in [2.24, 2.45) is 0 Å². The summed E-state index contributed by atoms with van der Waals surface area (Å²) in [5.41, 5.74) is 1.98. The number of para-hydroxylation sites is 1. The van der Waals surface area contributed by atoms with E-state index >= 15 is 0 Å². The number of aromatic nitrogens is 5. The van der Waals surface area contributed by atoms with Gasteiger partial charge in [0.15, 0.2) is 0 Å². The van der Waals surface area contributed by atoms with Crippen LogP contribution in [-0.4, -0.2) is 79.6 Å². The number of carbonyl (C=O) groups is 2. The molecule has 1 saturated heterocycles.